The third-order valence-electron chi connectivity index (χ3n) is 5.87. The van der Waals surface area contributed by atoms with Crippen LogP contribution in [0.5, 0.6) is 17.2 Å². The fraction of sp³-hybridized carbons (Fsp3) is 0.154. The minimum atomic E-state index is -0.679. The Labute approximate surface area is 207 Å². The summed E-state index contributed by atoms with van der Waals surface area (Å²) in [5, 5.41) is 20.6. The van der Waals surface area contributed by atoms with E-state index in [1.54, 1.807) is 73.8 Å². The van der Waals surface area contributed by atoms with Gasteiger partial charge in [0.15, 0.2) is 17.3 Å². The summed E-state index contributed by atoms with van der Waals surface area (Å²) in [6.45, 7) is 1.82. The number of nitrogens with one attached hydrogen (secondary N) is 2. The van der Waals surface area contributed by atoms with E-state index in [9.17, 15) is 9.90 Å². The number of carbonyl (C=O) groups is 1. The van der Waals surface area contributed by atoms with Gasteiger partial charge in [-0.05, 0) is 49.4 Å². The van der Waals surface area contributed by atoms with Gasteiger partial charge in [0.2, 0.25) is 5.95 Å². The number of phenols is 1. The molecule has 3 heterocycles. The summed E-state index contributed by atoms with van der Waals surface area (Å²) in [7, 11) is 3.11. The van der Waals surface area contributed by atoms with Crippen LogP contribution in [0.25, 0.3) is 11.4 Å². The van der Waals surface area contributed by atoms with E-state index in [1.165, 1.54) is 0 Å². The quantitative estimate of drug-likeness (QED) is 0.375. The van der Waals surface area contributed by atoms with Gasteiger partial charge in [0.25, 0.3) is 5.91 Å². The molecule has 0 aliphatic carbocycles. The number of aromatic nitrogens is 4. The Hall–Kier alpha value is -4.86. The van der Waals surface area contributed by atoms with Crippen molar-refractivity contribution in [3.05, 3.63) is 83.8 Å². The number of amides is 1. The van der Waals surface area contributed by atoms with Crippen molar-refractivity contribution in [2.24, 2.45) is 0 Å². The van der Waals surface area contributed by atoms with Crippen LogP contribution in [0.3, 0.4) is 0 Å². The number of methoxy groups -OCH3 is 2. The van der Waals surface area contributed by atoms with Crippen molar-refractivity contribution in [2.75, 3.05) is 24.9 Å². The van der Waals surface area contributed by atoms with Crippen LogP contribution in [0.4, 0.5) is 11.6 Å². The fourth-order valence-corrected chi connectivity index (χ4v) is 4.23. The van der Waals surface area contributed by atoms with E-state index in [1.807, 2.05) is 19.1 Å². The Morgan fingerprint density at radius 2 is 1.89 bits per heavy atom. The van der Waals surface area contributed by atoms with Crippen LogP contribution in [0.15, 0.2) is 78.3 Å². The minimum Gasteiger partial charge on any atom is -0.508 e. The number of hydrogen-bond donors (Lipinski definition) is 3. The maximum Gasteiger partial charge on any atom is 0.255 e. The number of phenolic OH excluding ortho intramolecular Hbond substituents is 1. The van der Waals surface area contributed by atoms with Crippen LogP contribution < -0.4 is 20.1 Å². The van der Waals surface area contributed by atoms with Crippen LogP contribution in [0.2, 0.25) is 0 Å². The van der Waals surface area contributed by atoms with Crippen molar-refractivity contribution in [1.29, 1.82) is 0 Å². The average Bonchev–Trinajstić information content (AvgIpc) is 3.31. The highest BCUT2D eigenvalue weighted by Gasteiger charge is 2.36. The third-order valence-corrected chi connectivity index (χ3v) is 5.87. The van der Waals surface area contributed by atoms with Gasteiger partial charge in [0.05, 0.1) is 31.7 Å². The van der Waals surface area contributed by atoms with E-state index in [4.69, 9.17) is 14.6 Å². The van der Waals surface area contributed by atoms with Crippen molar-refractivity contribution < 1.29 is 19.4 Å². The van der Waals surface area contributed by atoms with E-state index < -0.39 is 6.04 Å². The lowest BCUT2D eigenvalue weighted by Crippen LogP contribution is -2.31. The molecule has 1 unspecified atom stereocenters. The molecular formula is C26H24N6O4. The molecule has 10 heteroatoms. The van der Waals surface area contributed by atoms with Gasteiger partial charge in [-0.25, -0.2) is 4.68 Å². The lowest BCUT2D eigenvalue weighted by Gasteiger charge is -2.29. The molecule has 0 saturated carbocycles. The summed E-state index contributed by atoms with van der Waals surface area (Å²) in [5.41, 5.74) is 3.00. The average molecular weight is 485 g/mol. The molecule has 10 nitrogen and oxygen atoms in total. The molecule has 182 valence electrons. The molecule has 0 bridgehead atoms. The van der Waals surface area contributed by atoms with E-state index in [2.05, 4.69) is 20.6 Å². The Morgan fingerprint density at radius 1 is 1.08 bits per heavy atom. The van der Waals surface area contributed by atoms with Gasteiger partial charge >= 0.3 is 0 Å². The first-order valence-corrected chi connectivity index (χ1v) is 11.2. The Balaban J connectivity index is 1.67. The number of carbonyl (C=O) groups excluding carboxylic acids is 1. The smallest absolute Gasteiger partial charge is 0.255 e. The van der Waals surface area contributed by atoms with Gasteiger partial charge in [-0.15, -0.1) is 5.10 Å². The summed E-state index contributed by atoms with van der Waals surface area (Å²) in [4.78, 5) is 22.4. The third kappa shape index (κ3) is 4.09. The molecule has 1 aliphatic heterocycles. The molecule has 0 saturated heterocycles. The van der Waals surface area contributed by atoms with Crippen LogP contribution in [0.1, 0.15) is 18.5 Å². The normalized spacial score (nSPS) is 14.6. The van der Waals surface area contributed by atoms with Crippen LogP contribution in [0, 0.1) is 0 Å². The number of ether oxygens (including phenoxy) is 2. The van der Waals surface area contributed by atoms with E-state index >= 15 is 0 Å². The SMILES string of the molecule is COc1cccc(C2C(C(=O)Nc3cccnc3)=C(C)Nc3nc(-c4ccc(O)cc4)nn32)c1OC. The molecule has 0 fully saturated rings. The Morgan fingerprint density at radius 3 is 2.58 bits per heavy atom. The largest absolute Gasteiger partial charge is 0.508 e. The molecule has 3 N–H and O–H groups in total. The number of pyridine rings is 1. The Bertz CT molecular complexity index is 1450. The molecule has 5 rings (SSSR count). The highest BCUT2D eigenvalue weighted by molar-refractivity contribution is 6.06. The van der Waals surface area contributed by atoms with Gasteiger partial charge in [0, 0.05) is 23.0 Å². The topological polar surface area (TPSA) is 123 Å². The lowest BCUT2D eigenvalue weighted by molar-refractivity contribution is -0.113. The number of hydrogen-bond acceptors (Lipinski definition) is 8. The molecule has 1 amide bonds. The highest BCUT2D eigenvalue weighted by atomic mass is 16.5. The van der Waals surface area contributed by atoms with Gasteiger partial charge < -0.3 is 25.2 Å². The number of aromatic hydroxyl groups is 1. The maximum atomic E-state index is 13.6. The summed E-state index contributed by atoms with van der Waals surface area (Å²) >= 11 is 0. The van der Waals surface area contributed by atoms with Crippen molar-refractivity contribution in [1.82, 2.24) is 19.7 Å². The van der Waals surface area contributed by atoms with Gasteiger partial charge in [-0.3, -0.25) is 9.78 Å². The number of anilines is 2. The van der Waals surface area contributed by atoms with Gasteiger partial charge in [-0.2, -0.15) is 4.98 Å². The predicted octanol–water partition coefficient (Wildman–Crippen LogP) is 3.99. The van der Waals surface area contributed by atoms with Gasteiger partial charge in [-0.1, -0.05) is 12.1 Å². The zero-order chi connectivity index (χ0) is 25.2. The summed E-state index contributed by atoms with van der Waals surface area (Å²) in [6.07, 6.45) is 3.22. The fourth-order valence-electron chi connectivity index (χ4n) is 4.23. The predicted molar refractivity (Wildman–Crippen MR) is 134 cm³/mol. The molecule has 2 aromatic carbocycles. The molecular weight excluding hydrogens is 460 g/mol. The molecule has 0 spiro atoms. The van der Waals surface area contributed by atoms with Crippen molar-refractivity contribution in [3.8, 4) is 28.6 Å². The number of nitrogens with zero attached hydrogens (tertiary/aromatic N) is 4. The van der Waals surface area contributed by atoms with Crippen LogP contribution >= 0.6 is 0 Å². The molecule has 0 radical (unpaired) electrons. The second-order valence-electron chi connectivity index (χ2n) is 8.10. The monoisotopic (exact) mass is 484 g/mol. The molecule has 1 atom stereocenters. The second kappa shape index (κ2) is 9.41. The number of rotatable bonds is 6. The van der Waals surface area contributed by atoms with Crippen LogP contribution in [-0.2, 0) is 4.79 Å². The molecule has 1 aliphatic rings. The minimum absolute atomic E-state index is 0.145. The van der Waals surface area contributed by atoms with E-state index in [-0.39, 0.29) is 11.7 Å². The zero-order valence-electron chi connectivity index (χ0n) is 19.9. The van der Waals surface area contributed by atoms with Crippen molar-refractivity contribution in [2.45, 2.75) is 13.0 Å². The van der Waals surface area contributed by atoms with Crippen LogP contribution in [-0.4, -0.2) is 45.0 Å². The standard InChI is InChI=1S/C26H24N6O4/c1-15-21(25(34)29-17-6-5-13-27-14-17)22(19-7-4-8-20(35-2)23(19)36-3)32-26(28-15)30-24(31-32)16-9-11-18(33)12-10-16/h4-14,22,33H,1-3H3,(H,29,34)(H,28,30,31). The van der Waals surface area contributed by atoms with Crippen molar-refractivity contribution >= 4 is 17.5 Å². The van der Waals surface area contributed by atoms with Gasteiger partial charge in [0.1, 0.15) is 11.8 Å². The summed E-state index contributed by atoms with van der Waals surface area (Å²) in [5.74, 6) is 1.73. The first-order chi connectivity index (χ1) is 17.5. The molecule has 2 aromatic heterocycles. The number of benzene rings is 2. The van der Waals surface area contributed by atoms with E-state index in [0.717, 1.165) is 0 Å². The highest BCUT2D eigenvalue weighted by Crippen LogP contribution is 2.43. The first-order valence-electron chi connectivity index (χ1n) is 11.2. The lowest BCUT2D eigenvalue weighted by atomic mass is 9.94. The molecule has 36 heavy (non-hydrogen) atoms. The summed E-state index contributed by atoms with van der Waals surface area (Å²) in [6, 6.07) is 14.9. The number of fused-ring (bicyclic) bond motifs is 1. The number of para-hydroxylation sites is 1. The summed E-state index contributed by atoms with van der Waals surface area (Å²) < 4.78 is 12.9. The van der Waals surface area contributed by atoms with E-state index in [0.29, 0.717) is 51.4 Å². The zero-order valence-corrected chi connectivity index (χ0v) is 19.9. The Kier molecular flexibility index (Phi) is 5.99. The first kappa shape index (κ1) is 22.9. The molecule has 4 aromatic rings. The maximum absolute atomic E-state index is 13.6. The second-order valence-corrected chi connectivity index (χ2v) is 8.10. The number of allylic oxidation sites excluding steroid dienone is 1. The van der Waals surface area contributed by atoms with Crippen molar-refractivity contribution in [3.63, 3.8) is 0 Å².